The smallest absolute Gasteiger partial charge is 0.253 e. The van der Waals surface area contributed by atoms with Gasteiger partial charge in [-0.1, -0.05) is 69.7 Å². The Morgan fingerprint density at radius 2 is 1.59 bits per heavy atom. The molecule has 7 nitrogen and oxygen atoms in total. The van der Waals surface area contributed by atoms with E-state index in [0.717, 1.165) is 60.6 Å². The maximum absolute atomic E-state index is 12.9. The van der Waals surface area contributed by atoms with Crippen molar-refractivity contribution < 1.29 is 4.79 Å². The van der Waals surface area contributed by atoms with Crippen LogP contribution in [0.3, 0.4) is 0 Å². The third-order valence-corrected chi connectivity index (χ3v) is 8.25. The van der Waals surface area contributed by atoms with Crippen LogP contribution in [-0.2, 0) is 17.8 Å². The van der Waals surface area contributed by atoms with Crippen LogP contribution in [0.25, 0.3) is 5.78 Å². The van der Waals surface area contributed by atoms with Gasteiger partial charge in [0, 0.05) is 55.0 Å². The number of piperazine rings is 1. The van der Waals surface area contributed by atoms with Crippen molar-refractivity contribution in [1.82, 2.24) is 29.4 Å². The predicted octanol–water partition coefficient (Wildman–Crippen LogP) is 4.84. The number of aromatic nitrogens is 4. The van der Waals surface area contributed by atoms with Crippen molar-refractivity contribution >= 4 is 39.4 Å². The number of aryl methyl sites for hydroxylation is 3. The molecule has 192 valence electrons. The minimum atomic E-state index is 0.132. The minimum absolute atomic E-state index is 0.132. The summed E-state index contributed by atoms with van der Waals surface area (Å²) in [5.74, 6) is 1.05. The third-order valence-electron chi connectivity index (χ3n) is 6.90. The van der Waals surface area contributed by atoms with Gasteiger partial charge in [0.2, 0.25) is 11.1 Å². The molecule has 1 aliphatic heterocycles. The van der Waals surface area contributed by atoms with E-state index in [-0.39, 0.29) is 5.91 Å². The lowest BCUT2D eigenvalue weighted by atomic mass is 10.0. The van der Waals surface area contributed by atoms with Crippen LogP contribution in [0.5, 0.6) is 0 Å². The van der Waals surface area contributed by atoms with Gasteiger partial charge in [0.05, 0.1) is 5.75 Å². The molecule has 1 fully saturated rings. The molecule has 0 spiro atoms. The van der Waals surface area contributed by atoms with Gasteiger partial charge in [0.15, 0.2) is 0 Å². The lowest BCUT2D eigenvalue weighted by Crippen LogP contribution is -2.48. The molecule has 1 saturated heterocycles. The van der Waals surface area contributed by atoms with Crippen LogP contribution in [0, 0.1) is 20.8 Å². The number of carbonyl (C=O) groups is 1. The molecule has 0 atom stereocenters. The molecular weight excluding hydrogens is 548 g/mol. The van der Waals surface area contributed by atoms with Crippen molar-refractivity contribution in [2.45, 2.75) is 38.9 Å². The average Bonchev–Trinajstić information content (AvgIpc) is 3.31. The SMILES string of the molecule is Cc1ccc(Cc2c(C)nc3nc(SCC(=O)N4CCN(Cc5ccc(Br)cc5)CC4)nn3c2C)cc1. The van der Waals surface area contributed by atoms with Crippen molar-refractivity contribution in [1.29, 1.82) is 0 Å². The fraction of sp³-hybridized carbons (Fsp3) is 0.357. The first-order chi connectivity index (χ1) is 17.9. The largest absolute Gasteiger partial charge is 0.339 e. The Labute approximate surface area is 230 Å². The Morgan fingerprint density at radius 1 is 0.919 bits per heavy atom. The molecule has 9 heteroatoms. The molecule has 2 aromatic heterocycles. The Morgan fingerprint density at radius 3 is 2.30 bits per heavy atom. The van der Waals surface area contributed by atoms with Crippen LogP contribution < -0.4 is 0 Å². The van der Waals surface area contributed by atoms with E-state index in [2.05, 4.69) is 93.3 Å². The Hall–Kier alpha value is -2.75. The van der Waals surface area contributed by atoms with E-state index in [0.29, 0.717) is 16.7 Å². The summed E-state index contributed by atoms with van der Waals surface area (Å²) in [6, 6.07) is 17.0. The van der Waals surface area contributed by atoms with E-state index >= 15 is 0 Å². The molecule has 1 aliphatic rings. The minimum Gasteiger partial charge on any atom is -0.339 e. The van der Waals surface area contributed by atoms with Gasteiger partial charge in [-0.15, -0.1) is 5.10 Å². The van der Waals surface area contributed by atoms with Gasteiger partial charge < -0.3 is 4.90 Å². The fourth-order valence-corrected chi connectivity index (χ4v) is 5.62. The van der Waals surface area contributed by atoms with Gasteiger partial charge in [0.25, 0.3) is 5.78 Å². The van der Waals surface area contributed by atoms with Crippen molar-refractivity contribution in [3.8, 4) is 0 Å². The molecular formula is C28H31BrN6OS. The molecule has 0 N–H and O–H groups in total. The number of benzene rings is 2. The number of nitrogens with zero attached hydrogens (tertiary/aromatic N) is 6. The molecule has 0 saturated carbocycles. The molecule has 0 unspecified atom stereocenters. The zero-order valence-electron chi connectivity index (χ0n) is 21.4. The molecule has 1 amide bonds. The molecule has 0 aliphatic carbocycles. The van der Waals surface area contributed by atoms with Crippen LogP contribution in [-0.4, -0.2) is 67.2 Å². The molecule has 4 aromatic rings. The molecule has 0 bridgehead atoms. The topological polar surface area (TPSA) is 66.6 Å². The monoisotopic (exact) mass is 578 g/mol. The highest BCUT2D eigenvalue weighted by Gasteiger charge is 2.22. The Bertz CT molecular complexity index is 1400. The second-order valence-corrected chi connectivity index (χ2v) is 11.5. The summed E-state index contributed by atoms with van der Waals surface area (Å²) in [6.45, 7) is 10.3. The maximum atomic E-state index is 12.9. The van der Waals surface area contributed by atoms with E-state index in [1.165, 1.54) is 28.5 Å². The van der Waals surface area contributed by atoms with Gasteiger partial charge in [-0.3, -0.25) is 9.69 Å². The highest BCUT2D eigenvalue weighted by Crippen LogP contribution is 2.21. The van der Waals surface area contributed by atoms with Crippen LogP contribution in [0.1, 0.15) is 33.6 Å². The van der Waals surface area contributed by atoms with Gasteiger partial charge in [-0.25, -0.2) is 9.50 Å². The quantitative estimate of drug-likeness (QED) is 0.292. The number of carbonyl (C=O) groups excluding carboxylic acids is 1. The number of rotatable bonds is 7. The Kier molecular flexibility index (Phi) is 7.92. The highest BCUT2D eigenvalue weighted by molar-refractivity contribution is 9.10. The number of amides is 1. The van der Waals surface area contributed by atoms with Crippen molar-refractivity contribution in [3.05, 3.63) is 86.6 Å². The molecule has 0 radical (unpaired) electrons. The average molecular weight is 580 g/mol. The fourth-order valence-electron chi connectivity index (χ4n) is 4.64. The summed E-state index contributed by atoms with van der Waals surface area (Å²) >= 11 is 4.87. The zero-order chi connectivity index (χ0) is 25.9. The first-order valence-corrected chi connectivity index (χ1v) is 14.3. The van der Waals surface area contributed by atoms with Crippen LogP contribution in [0.15, 0.2) is 58.2 Å². The normalized spacial score (nSPS) is 14.4. The summed E-state index contributed by atoms with van der Waals surface area (Å²) in [6.07, 6.45) is 0.801. The lowest BCUT2D eigenvalue weighted by Gasteiger charge is -2.34. The van der Waals surface area contributed by atoms with Crippen LogP contribution in [0.4, 0.5) is 0 Å². The van der Waals surface area contributed by atoms with E-state index in [4.69, 9.17) is 4.98 Å². The first-order valence-electron chi connectivity index (χ1n) is 12.5. The number of hydrogen-bond donors (Lipinski definition) is 0. The van der Waals surface area contributed by atoms with E-state index < -0.39 is 0 Å². The molecule has 37 heavy (non-hydrogen) atoms. The summed E-state index contributed by atoms with van der Waals surface area (Å²) < 4.78 is 2.90. The second kappa shape index (κ2) is 11.3. The zero-order valence-corrected chi connectivity index (χ0v) is 23.8. The number of halogens is 1. The van der Waals surface area contributed by atoms with Crippen molar-refractivity contribution in [3.63, 3.8) is 0 Å². The molecule has 2 aromatic carbocycles. The summed E-state index contributed by atoms with van der Waals surface area (Å²) in [4.78, 5) is 26.6. The van der Waals surface area contributed by atoms with Gasteiger partial charge in [-0.2, -0.15) is 4.98 Å². The Balaban J connectivity index is 1.18. The summed E-state index contributed by atoms with van der Waals surface area (Å²) in [5.41, 5.74) is 6.95. The van der Waals surface area contributed by atoms with Crippen LogP contribution in [0.2, 0.25) is 0 Å². The standard InChI is InChI=1S/C28H31BrN6OS/c1-19-4-6-22(7-5-19)16-25-20(2)30-27-31-28(32-35(27)21(25)3)37-18-26(36)34-14-12-33(13-15-34)17-23-8-10-24(29)11-9-23/h4-11H,12-18H2,1-3H3. The van der Waals surface area contributed by atoms with E-state index in [1.54, 1.807) is 0 Å². The van der Waals surface area contributed by atoms with Gasteiger partial charge in [-0.05, 0) is 49.6 Å². The number of fused-ring (bicyclic) bond motifs is 1. The molecule has 3 heterocycles. The van der Waals surface area contributed by atoms with Gasteiger partial charge in [0.1, 0.15) is 0 Å². The summed E-state index contributed by atoms with van der Waals surface area (Å²) in [5, 5.41) is 5.26. The first kappa shape index (κ1) is 25.9. The van der Waals surface area contributed by atoms with Crippen molar-refractivity contribution in [2.75, 3.05) is 31.9 Å². The van der Waals surface area contributed by atoms with Gasteiger partial charge >= 0.3 is 0 Å². The summed E-state index contributed by atoms with van der Waals surface area (Å²) in [7, 11) is 0. The van der Waals surface area contributed by atoms with Crippen molar-refractivity contribution in [2.24, 2.45) is 0 Å². The third kappa shape index (κ3) is 6.22. The van der Waals surface area contributed by atoms with E-state index in [1.807, 2.05) is 16.3 Å². The lowest BCUT2D eigenvalue weighted by molar-refractivity contribution is -0.130. The van der Waals surface area contributed by atoms with E-state index in [9.17, 15) is 4.79 Å². The number of hydrogen-bond acceptors (Lipinski definition) is 6. The maximum Gasteiger partial charge on any atom is 0.253 e. The van der Waals surface area contributed by atoms with Crippen LogP contribution >= 0.6 is 27.7 Å². The number of thioether (sulfide) groups is 1. The molecule has 5 rings (SSSR count). The second-order valence-electron chi connectivity index (χ2n) is 9.60. The highest BCUT2D eigenvalue weighted by atomic mass is 79.9. The predicted molar refractivity (Wildman–Crippen MR) is 151 cm³/mol.